The van der Waals surface area contributed by atoms with E-state index >= 15 is 0 Å². The number of aliphatic hydroxyl groups is 2. The number of carbonyl (C=O) groups is 1. The van der Waals surface area contributed by atoms with E-state index in [-0.39, 0.29) is 17.3 Å². The first-order valence-electron chi connectivity index (χ1n) is 12.9. The van der Waals surface area contributed by atoms with Crippen molar-refractivity contribution in [1.82, 2.24) is 10.2 Å². The van der Waals surface area contributed by atoms with Gasteiger partial charge in [-0.1, -0.05) is 31.0 Å². The number of benzene rings is 2. The fraction of sp³-hybridized carbons (Fsp3) is 0.519. The third-order valence-electron chi connectivity index (χ3n) is 5.90. The lowest BCUT2D eigenvalue weighted by Crippen LogP contribution is -2.26. The van der Waals surface area contributed by atoms with Crippen molar-refractivity contribution >= 4 is 16.0 Å². The number of aromatic hydroxyl groups is 1. The molecule has 0 radical (unpaired) electrons. The van der Waals surface area contributed by atoms with Gasteiger partial charge in [0.05, 0.1) is 17.6 Å². The number of hydrogen-bond acceptors (Lipinski definition) is 9. The summed E-state index contributed by atoms with van der Waals surface area (Å²) in [6, 6.07) is 11.3. The molecule has 0 aromatic heterocycles. The Labute approximate surface area is 225 Å². The highest BCUT2D eigenvalue weighted by molar-refractivity contribution is 7.89. The predicted octanol–water partition coefficient (Wildman–Crippen LogP) is 2.86. The Balaban J connectivity index is 1.47. The van der Waals surface area contributed by atoms with Crippen LogP contribution in [0.1, 0.15) is 68.2 Å². The van der Waals surface area contributed by atoms with Crippen molar-refractivity contribution in [2.24, 2.45) is 0 Å². The second-order valence-corrected chi connectivity index (χ2v) is 10.7. The molecule has 2 aromatic rings. The zero-order valence-corrected chi connectivity index (χ0v) is 22.7. The summed E-state index contributed by atoms with van der Waals surface area (Å²) in [5, 5.41) is 32.3. The second-order valence-electron chi connectivity index (χ2n) is 9.08. The highest BCUT2D eigenvalue weighted by atomic mass is 32.2. The van der Waals surface area contributed by atoms with Gasteiger partial charge in [0.2, 0.25) is 0 Å². The number of rotatable bonds is 19. The Hall–Kier alpha value is -2.54. The first-order chi connectivity index (χ1) is 18.2. The fourth-order valence-electron chi connectivity index (χ4n) is 3.77. The molecule has 0 amide bonds. The monoisotopic (exact) mass is 552 g/mol. The zero-order valence-electron chi connectivity index (χ0n) is 21.9. The number of phenols is 1. The molecule has 2 rings (SSSR count). The number of nitrogens with one attached hydrogen (secondary N) is 2. The largest absolute Gasteiger partial charge is 0.508 e. The van der Waals surface area contributed by atoms with Crippen LogP contribution >= 0.6 is 0 Å². The lowest BCUT2D eigenvalue weighted by Gasteiger charge is -2.14. The van der Waals surface area contributed by atoms with Crippen molar-refractivity contribution in [3.05, 3.63) is 59.2 Å². The van der Waals surface area contributed by atoms with Gasteiger partial charge in [0, 0.05) is 32.2 Å². The number of carbonyl (C=O) groups excluding carboxylic acids is 1. The first kappa shape index (κ1) is 31.7. The van der Waals surface area contributed by atoms with Crippen LogP contribution in [0.5, 0.6) is 5.75 Å². The van der Waals surface area contributed by atoms with Crippen LogP contribution in [0.3, 0.4) is 0 Å². The van der Waals surface area contributed by atoms with Gasteiger partial charge < -0.3 is 30.2 Å². The van der Waals surface area contributed by atoms with E-state index in [1.165, 1.54) is 12.1 Å². The molecule has 0 saturated carbocycles. The van der Waals surface area contributed by atoms with Crippen molar-refractivity contribution in [3.8, 4) is 5.75 Å². The minimum Gasteiger partial charge on any atom is -0.508 e. The maximum absolute atomic E-state index is 12.1. The summed E-state index contributed by atoms with van der Waals surface area (Å²) < 4.78 is 30.0. The highest BCUT2D eigenvalue weighted by Gasteiger charge is 2.16. The molecule has 212 valence electrons. The van der Waals surface area contributed by atoms with Crippen LogP contribution in [0.2, 0.25) is 0 Å². The average molecular weight is 553 g/mol. The Bertz CT molecular complexity index is 1090. The number of aryl methyl sites for hydroxylation is 1. The molecule has 0 spiro atoms. The van der Waals surface area contributed by atoms with E-state index in [1.807, 2.05) is 11.0 Å². The molecule has 0 aliphatic rings. The van der Waals surface area contributed by atoms with E-state index in [1.54, 1.807) is 24.3 Å². The van der Waals surface area contributed by atoms with Gasteiger partial charge in [-0.3, -0.25) is 4.79 Å². The highest BCUT2D eigenvalue weighted by Crippen LogP contribution is 2.22. The molecule has 10 nitrogen and oxygen atoms in total. The summed E-state index contributed by atoms with van der Waals surface area (Å²) in [5.74, 6) is -0.714. The lowest BCUT2D eigenvalue weighted by atomic mass is 10.1. The average Bonchev–Trinajstić information content (AvgIpc) is 2.90. The molecule has 5 N–H and O–H groups in total. The molecule has 1 atom stereocenters. The molecular formula is C27H40N2O8S. The minimum atomic E-state index is -3.89. The lowest BCUT2D eigenvalue weighted by molar-refractivity contribution is -0.144. The van der Waals surface area contributed by atoms with Gasteiger partial charge in [0.1, 0.15) is 5.75 Å². The topological polar surface area (TPSA) is 154 Å². The normalized spacial score (nSPS) is 12.4. The van der Waals surface area contributed by atoms with Gasteiger partial charge in [-0.15, -0.1) is 0 Å². The standard InChI is InChI=1S/C27H40N2O8S/c1-21(31)37-29-38(34,35)25-11-8-10-22(17-25)9-4-2-3-6-15-36-16-7-5-14-28-19-27(33)23-12-13-26(32)24(18-23)20-30/h8,10-13,17-18,27-30,32-33H,2-7,9,14-16,19-20H2,1H3/t27-/m1/s1. The van der Waals surface area contributed by atoms with Crippen molar-refractivity contribution in [2.75, 3.05) is 26.3 Å². The maximum Gasteiger partial charge on any atom is 0.323 e. The second kappa shape index (κ2) is 17.1. The molecule has 11 heteroatoms. The number of sulfonamides is 1. The van der Waals surface area contributed by atoms with E-state index in [9.17, 15) is 28.5 Å². The van der Waals surface area contributed by atoms with Crippen molar-refractivity contribution in [2.45, 2.75) is 69.5 Å². The fourth-order valence-corrected chi connectivity index (χ4v) is 4.66. The van der Waals surface area contributed by atoms with Gasteiger partial charge in [-0.2, -0.15) is 0 Å². The van der Waals surface area contributed by atoms with E-state index < -0.39 is 22.1 Å². The molecule has 0 aliphatic carbocycles. The third-order valence-corrected chi connectivity index (χ3v) is 7.07. The van der Waals surface area contributed by atoms with E-state index in [4.69, 9.17) is 4.74 Å². The predicted molar refractivity (Wildman–Crippen MR) is 143 cm³/mol. The van der Waals surface area contributed by atoms with E-state index in [0.717, 1.165) is 64.0 Å². The maximum atomic E-state index is 12.1. The van der Waals surface area contributed by atoms with Gasteiger partial charge in [-0.05, 0) is 78.9 Å². The van der Waals surface area contributed by atoms with E-state index in [0.29, 0.717) is 30.9 Å². The van der Waals surface area contributed by atoms with Gasteiger partial charge in [0.25, 0.3) is 10.0 Å². The summed E-state index contributed by atoms with van der Waals surface area (Å²) in [7, 11) is -3.89. The first-order valence-corrected chi connectivity index (χ1v) is 14.4. The third kappa shape index (κ3) is 11.9. The Kier molecular flexibility index (Phi) is 14.3. The number of ether oxygens (including phenoxy) is 1. The van der Waals surface area contributed by atoms with Crippen LogP contribution in [0.4, 0.5) is 0 Å². The molecule has 2 aromatic carbocycles. The van der Waals surface area contributed by atoms with Crippen molar-refractivity contribution in [1.29, 1.82) is 0 Å². The summed E-state index contributed by atoms with van der Waals surface area (Å²) in [6.07, 6.45) is 5.84. The molecule has 0 bridgehead atoms. The van der Waals surface area contributed by atoms with Crippen LogP contribution in [0, 0.1) is 0 Å². The van der Waals surface area contributed by atoms with Crippen LogP contribution in [-0.4, -0.2) is 56.0 Å². The van der Waals surface area contributed by atoms with Crippen LogP contribution in [0.25, 0.3) is 0 Å². The smallest absolute Gasteiger partial charge is 0.323 e. The van der Waals surface area contributed by atoms with Gasteiger partial charge in [0.15, 0.2) is 0 Å². The molecule has 0 aliphatic heterocycles. The summed E-state index contributed by atoms with van der Waals surface area (Å²) in [6.45, 7) is 3.38. The molecule has 0 saturated heterocycles. The molecule has 38 heavy (non-hydrogen) atoms. The molecular weight excluding hydrogens is 512 g/mol. The summed E-state index contributed by atoms with van der Waals surface area (Å²) >= 11 is 0. The Morgan fingerprint density at radius 1 is 1.00 bits per heavy atom. The van der Waals surface area contributed by atoms with Crippen LogP contribution in [-0.2, 0) is 37.4 Å². The minimum absolute atomic E-state index is 0.0186. The zero-order chi connectivity index (χ0) is 27.8. The molecule has 0 heterocycles. The SMILES string of the molecule is CC(=O)ONS(=O)(=O)c1cccc(CCCCCCOCCCCNC[C@@H](O)c2ccc(O)c(CO)c2)c1. The van der Waals surface area contributed by atoms with Crippen LogP contribution in [0.15, 0.2) is 47.4 Å². The Morgan fingerprint density at radius 3 is 2.47 bits per heavy atom. The number of unbranched alkanes of at least 4 members (excludes halogenated alkanes) is 4. The van der Waals surface area contributed by atoms with E-state index in [2.05, 4.69) is 10.2 Å². The quantitative estimate of drug-likeness (QED) is 0.131. The van der Waals surface area contributed by atoms with Crippen LogP contribution < -0.4 is 10.2 Å². The van der Waals surface area contributed by atoms with Crippen molar-refractivity contribution < 1.29 is 38.1 Å². The number of hydrogen-bond donors (Lipinski definition) is 5. The van der Waals surface area contributed by atoms with Gasteiger partial charge in [-0.25, -0.2) is 8.42 Å². The van der Waals surface area contributed by atoms with Gasteiger partial charge >= 0.3 is 5.97 Å². The summed E-state index contributed by atoms with van der Waals surface area (Å²) in [4.78, 5) is 17.1. The Morgan fingerprint density at radius 2 is 1.74 bits per heavy atom. The summed E-state index contributed by atoms with van der Waals surface area (Å²) in [5.41, 5.74) is 1.96. The van der Waals surface area contributed by atoms with Crippen molar-refractivity contribution in [3.63, 3.8) is 0 Å². The number of aliphatic hydroxyl groups excluding tert-OH is 2. The molecule has 0 unspecified atom stereocenters. The molecule has 0 fully saturated rings.